The lowest BCUT2D eigenvalue weighted by molar-refractivity contribution is -0.150. The van der Waals surface area contributed by atoms with Crippen molar-refractivity contribution in [3.8, 4) is 0 Å². The van der Waals surface area contributed by atoms with E-state index < -0.39 is 17.8 Å². The van der Waals surface area contributed by atoms with Crippen LogP contribution in [0.2, 0.25) is 0 Å². The Labute approximate surface area is 102 Å². The molecule has 0 aromatic rings. The third kappa shape index (κ3) is 6.26. The first-order valence-electron chi connectivity index (χ1n) is 6.17. The average molecular weight is 245 g/mol. The normalized spacial score (nSPS) is 12.2. The summed E-state index contributed by atoms with van der Waals surface area (Å²) >= 11 is 0. The highest BCUT2D eigenvalue weighted by molar-refractivity contribution is 5.96. The Morgan fingerprint density at radius 2 is 1.82 bits per heavy atom. The molecule has 0 saturated carbocycles. The van der Waals surface area contributed by atoms with Gasteiger partial charge in [0.1, 0.15) is 5.92 Å². The predicted octanol–water partition coefficient (Wildman–Crippen LogP) is 1.11. The number of unbranched alkanes of at least 4 members (excludes halogenated alkanes) is 3. The lowest BCUT2D eigenvalue weighted by Gasteiger charge is -2.23. The SMILES string of the molecule is CCCCCCN(CCO)C(=O)C(C)C(=O)O. The minimum atomic E-state index is -1.12. The number of hydrogen-bond acceptors (Lipinski definition) is 3. The van der Waals surface area contributed by atoms with Crippen molar-refractivity contribution in [3.63, 3.8) is 0 Å². The van der Waals surface area contributed by atoms with Gasteiger partial charge in [-0.25, -0.2) is 0 Å². The Balaban J connectivity index is 4.20. The third-order valence-electron chi connectivity index (χ3n) is 2.70. The molecule has 0 saturated heterocycles. The molecule has 1 amide bonds. The molecule has 2 N–H and O–H groups in total. The number of aliphatic carboxylic acids is 1. The number of carbonyl (C=O) groups excluding carboxylic acids is 1. The number of nitrogens with zero attached hydrogens (tertiary/aromatic N) is 1. The summed E-state index contributed by atoms with van der Waals surface area (Å²) in [4.78, 5) is 23.9. The molecule has 0 aliphatic carbocycles. The van der Waals surface area contributed by atoms with Gasteiger partial charge in [0.15, 0.2) is 0 Å². The monoisotopic (exact) mass is 245 g/mol. The van der Waals surface area contributed by atoms with E-state index in [0.717, 1.165) is 25.7 Å². The Kier molecular flexibility index (Phi) is 8.40. The molecule has 0 spiro atoms. The second-order valence-corrected chi connectivity index (χ2v) is 4.17. The molecule has 0 bridgehead atoms. The number of rotatable bonds is 9. The Morgan fingerprint density at radius 3 is 2.29 bits per heavy atom. The lowest BCUT2D eigenvalue weighted by atomic mass is 10.1. The molecule has 0 fully saturated rings. The van der Waals surface area contributed by atoms with E-state index in [1.165, 1.54) is 11.8 Å². The highest BCUT2D eigenvalue weighted by Gasteiger charge is 2.25. The van der Waals surface area contributed by atoms with Crippen LogP contribution in [0.3, 0.4) is 0 Å². The highest BCUT2D eigenvalue weighted by atomic mass is 16.4. The first-order valence-corrected chi connectivity index (χ1v) is 6.17. The zero-order chi connectivity index (χ0) is 13.3. The molecule has 0 aliphatic heterocycles. The number of aliphatic hydroxyl groups excluding tert-OH is 1. The molecular formula is C12H23NO4. The van der Waals surface area contributed by atoms with E-state index in [0.29, 0.717) is 6.54 Å². The molecule has 0 aromatic carbocycles. The summed E-state index contributed by atoms with van der Waals surface area (Å²) < 4.78 is 0. The first-order chi connectivity index (χ1) is 8.04. The van der Waals surface area contributed by atoms with Gasteiger partial charge in [0.2, 0.25) is 5.91 Å². The van der Waals surface area contributed by atoms with E-state index in [1.807, 2.05) is 0 Å². The number of carboxylic acid groups (broad SMARTS) is 1. The maximum atomic E-state index is 11.8. The van der Waals surface area contributed by atoms with Crippen LogP contribution in [0.4, 0.5) is 0 Å². The third-order valence-corrected chi connectivity index (χ3v) is 2.70. The van der Waals surface area contributed by atoms with Gasteiger partial charge in [-0.2, -0.15) is 0 Å². The highest BCUT2D eigenvalue weighted by Crippen LogP contribution is 2.06. The van der Waals surface area contributed by atoms with Crippen molar-refractivity contribution in [1.82, 2.24) is 4.90 Å². The van der Waals surface area contributed by atoms with Crippen LogP contribution in [0.15, 0.2) is 0 Å². The van der Waals surface area contributed by atoms with E-state index in [4.69, 9.17) is 10.2 Å². The van der Waals surface area contributed by atoms with Crippen LogP contribution >= 0.6 is 0 Å². The van der Waals surface area contributed by atoms with Gasteiger partial charge in [-0.15, -0.1) is 0 Å². The summed E-state index contributed by atoms with van der Waals surface area (Å²) in [6.45, 7) is 4.08. The lowest BCUT2D eigenvalue weighted by Crippen LogP contribution is -2.40. The van der Waals surface area contributed by atoms with Gasteiger partial charge in [0, 0.05) is 13.1 Å². The summed E-state index contributed by atoms with van der Waals surface area (Å²) in [5.74, 6) is -2.57. The van der Waals surface area contributed by atoms with E-state index >= 15 is 0 Å². The number of carboxylic acids is 1. The molecule has 100 valence electrons. The number of amides is 1. The smallest absolute Gasteiger partial charge is 0.315 e. The molecule has 0 aliphatic rings. The van der Waals surface area contributed by atoms with Crippen molar-refractivity contribution in [1.29, 1.82) is 0 Å². The van der Waals surface area contributed by atoms with Crippen molar-refractivity contribution in [3.05, 3.63) is 0 Å². The zero-order valence-electron chi connectivity index (χ0n) is 10.7. The number of carbonyl (C=O) groups is 2. The Hall–Kier alpha value is -1.10. The minimum Gasteiger partial charge on any atom is -0.481 e. The predicted molar refractivity (Wildman–Crippen MR) is 64.6 cm³/mol. The Bertz CT molecular complexity index is 243. The number of aliphatic hydroxyl groups is 1. The Morgan fingerprint density at radius 1 is 1.18 bits per heavy atom. The topological polar surface area (TPSA) is 77.8 Å². The molecule has 0 radical (unpaired) electrons. The van der Waals surface area contributed by atoms with Crippen LogP contribution in [0, 0.1) is 5.92 Å². The van der Waals surface area contributed by atoms with Gasteiger partial charge in [-0.3, -0.25) is 9.59 Å². The fraction of sp³-hybridized carbons (Fsp3) is 0.833. The molecule has 0 rings (SSSR count). The number of hydrogen-bond donors (Lipinski definition) is 2. The first kappa shape index (κ1) is 15.9. The molecule has 1 atom stereocenters. The maximum absolute atomic E-state index is 11.8. The minimum absolute atomic E-state index is 0.133. The van der Waals surface area contributed by atoms with Crippen LogP contribution in [0.1, 0.15) is 39.5 Å². The average Bonchev–Trinajstić information content (AvgIpc) is 2.31. The van der Waals surface area contributed by atoms with Crippen LogP contribution in [-0.4, -0.2) is 46.7 Å². The van der Waals surface area contributed by atoms with E-state index in [9.17, 15) is 9.59 Å². The van der Waals surface area contributed by atoms with Gasteiger partial charge in [0.05, 0.1) is 6.61 Å². The van der Waals surface area contributed by atoms with Gasteiger partial charge in [-0.05, 0) is 13.3 Å². The molecule has 0 aromatic heterocycles. The molecule has 0 heterocycles. The van der Waals surface area contributed by atoms with Crippen molar-refractivity contribution >= 4 is 11.9 Å². The van der Waals surface area contributed by atoms with Crippen LogP contribution < -0.4 is 0 Å². The summed E-state index contributed by atoms with van der Waals surface area (Å²) in [5.41, 5.74) is 0. The van der Waals surface area contributed by atoms with Crippen LogP contribution in [0.25, 0.3) is 0 Å². The van der Waals surface area contributed by atoms with Gasteiger partial charge in [0.25, 0.3) is 0 Å². The second-order valence-electron chi connectivity index (χ2n) is 4.17. The van der Waals surface area contributed by atoms with Gasteiger partial charge < -0.3 is 15.1 Å². The molecule has 1 unspecified atom stereocenters. The van der Waals surface area contributed by atoms with E-state index in [1.54, 1.807) is 0 Å². The van der Waals surface area contributed by atoms with E-state index in [-0.39, 0.29) is 13.2 Å². The van der Waals surface area contributed by atoms with Crippen molar-refractivity contribution in [2.75, 3.05) is 19.7 Å². The summed E-state index contributed by atoms with van der Waals surface area (Å²) in [7, 11) is 0. The summed E-state index contributed by atoms with van der Waals surface area (Å²) in [6, 6.07) is 0. The molecule has 17 heavy (non-hydrogen) atoms. The quantitative estimate of drug-likeness (QED) is 0.471. The van der Waals surface area contributed by atoms with Gasteiger partial charge in [-0.1, -0.05) is 26.2 Å². The summed E-state index contributed by atoms with van der Waals surface area (Å²) in [6.07, 6.45) is 4.09. The second kappa shape index (κ2) is 8.98. The fourth-order valence-electron chi connectivity index (χ4n) is 1.56. The largest absolute Gasteiger partial charge is 0.481 e. The van der Waals surface area contributed by atoms with E-state index in [2.05, 4.69) is 6.92 Å². The van der Waals surface area contributed by atoms with Crippen LogP contribution in [-0.2, 0) is 9.59 Å². The van der Waals surface area contributed by atoms with Crippen molar-refractivity contribution in [2.24, 2.45) is 5.92 Å². The zero-order valence-corrected chi connectivity index (χ0v) is 10.7. The molecule has 5 heteroatoms. The van der Waals surface area contributed by atoms with Gasteiger partial charge >= 0.3 is 5.97 Å². The maximum Gasteiger partial charge on any atom is 0.315 e. The summed E-state index contributed by atoms with van der Waals surface area (Å²) in [5, 5.41) is 17.6. The standard InChI is InChI=1S/C12H23NO4/c1-3-4-5-6-7-13(8-9-14)11(15)10(2)12(16)17/h10,14H,3-9H2,1-2H3,(H,16,17). The van der Waals surface area contributed by atoms with Crippen LogP contribution in [0.5, 0.6) is 0 Å². The molecule has 5 nitrogen and oxygen atoms in total. The van der Waals surface area contributed by atoms with Crippen molar-refractivity contribution in [2.45, 2.75) is 39.5 Å². The fourth-order valence-corrected chi connectivity index (χ4v) is 1.56. The molecular weight excluding hydrogens is 222 g/mol. The van der Waals surface area contributed by atoms with Crippen molar-refractivity contribution < 1.29 is 19.8 Å².